The topological polar surface area (TPSA) is 56.5 Å². The fraction of sp³-hybridized carbons (Fsp3) is 0.0417. The number of terminal acetylenes is 1. The van der Waals surface area contributed by atoms with Gasteiger partial charge in [-0.25, -0.2) is 4.98 Å². The molecule has 0 fully saturated rings. The highest BCUT2D eigenvalue weighted by molar-refractivity contribution is 6.37. The fourth-order valence-electron chi connectivity index (χ4n) is 3.04. The van der Waals surface area contributed by atoms with Crippen LogP contribution in [0.1, 0.15) is 5.56 Å². The molecule has 0 aliphatic carbocycles. The van der Waals surface area contributed by atoms with Gasteiger partial charge in [0.05, 0.1) is 27.2 Å². The van der Waals surface area contributed by atoms with Crippen molar-refractivity contribution in [3.05, 3.63) is 92.7 Å². The van der Waals surface area contributed by atoms with E-state index in [1.165, 1.54) is 10.9 Å². The zero-order chi connectivity index (χ0) is 21.8. The summed E-state index contributed by atoms with van der Waals surface area (Å²) in [6, 6.07) is 19.8. The third-order valence-corrected chi connectivity index (χ3v) is 4.99. The Morgan fingerprint density at radius 1 is 1.06 bits per heavy atom. The van der Waals surface area contributed by atoms with Gasteiger partial charge in [-0.3, -0.25) is 4.79 Å². The first kappa shape index (κ1) is 20.7. The van der Waals surface area contributed by atoms with Crippen LogP contribution in [-0.2, 0) is 0 Å². The number of benzene rings is 3. The summed E-state index contributed by atoms with van der Waals surface area (Å²) in [5, 5.41) is 5.45. The van der Waals surface area contributed by atoms with Crippen LogP contribution in [0.3, 0.4) is 0 Å². The van der Waals surface area contributed by atoms with Gasteiger partial charge in [0, 0.05) is 5.56 Å². The number of rotatable bonds is 5. The molecule has 0 spiro atoms. The van der Waals surface area contributed by atoms with Crippen LogP contribution in [0, 0.1) is 12.3 Å². The third-order valence-electron chi connectivity index (χ3n) is 4.43. The molecule has 31 heavy (non-hydrogen) atoms. The Balaban J connectivity index is 1.83. The standard InChI is InChI=1S/C24H15Cl2N3O2/c1-2-12-31-22-19(25)13-16(14-20(22)26)15-27-29-23(17-8-4-3-5-9-17)28-21-11-7-6-10-18(21)24(29)30/h1,3-11,13-15H,12H2. The predicted molar refractivity (Wildman–Crippen MR) is 125 cm³/mol. The monoisotopic (exact) mass is 447 g/mol. The zero-order valence-corrected chi connectivity index (χ0v) is 17.6. The lowest BCUT2D eigenvalue weighted by atomic mass is 10.2. The summed E-state index contributed by atoms with van der Waals surface area (Å²) in [7, 11) is 0. The van der Waals surface area contributed by atoms with Gasteiger partial charge in [-0.15, -0.1) is 6.42 Å². The molecule has 7 heteroatoms. The third kappa shape index (κ3) is 4.31. The van der Waals surface area contributed by atoms with Crippen molar-refractivity contribution in [1.82, 2.24) is 9.66 Å². The van der Waals surface area contributed by atoms with E-state index in [0.29, 0.717) is 28.0 Å². The molecule has 0 aliphatic heterocycles. The molecule has 0 amide bonds. The molecular weight excluding hydrogens is 433 g/mol. The second-order valence-electron chi connectivity index (χ2n) is 6.49. The molecule has 4 rings (SSSR count). The number of para-hydroxylation sites is 1. The van der Waals surface area contributed by atoms with E-state index in [1.54, 1.807) is 30.3 Å². The first-order valence-corrected chi connectivity index (χ1v) is 10.0. The van der Waals surface area contributed by atoms with Gasteiger partial charge < -0.3 is 4.74 Å². The largest absolute Gasteiger partial charge is 0.478 e. The van der Waals surface area contributed by atoms with Crippen molar-refractivity contribution in [3.63, 3.8) is 0 Å². The number of halogens is 2. The van der Waals surface area contributed by atoms with E-state index in [9.17, 15) is 4.79 Å². The van der Waals surface area contributed by atoms with Gasteiger partial charge in [0.15, 0.2) is 11.6 Å². The SMILES string of the molecule is C#CCOc1c(Cl)cc(C=Nn2c(-c3ccccc3)nc3ccccc3c2=O)cc1Cl. The number of aromatic nitrogens is 2. The predicted octanol–water partition coefficient (Wildman–Crippen LogP) is 5.26. The van der Waals surface area contributed by atoms with Crippen molar-refractivity contribution in [1.29, 1.82) is 0 Å². The van der Waals surface area contributed by atoms with E-state index in [2.05, 4.69) is 16.0 Å². The first-order chi connectivity index (χ1) is 15.1. The summed E-state index contributed by atoms with van der Waals surface area (Å²) in [5.74, 6) is 3.09. The number of nitrogens with zero attached hydrogens (tertiary/aromatic N) is 3. The molecule has 0 bridgehead atoms. The lowest BCUT2D eigenvalue weighted by Gasteiger charge is -2.10. The van der Waals surface area contributed by atoms with Crippen LogP contribution in [-0.4, -0.2) is 22.5 Å². The van der Waals surface area contributed by atoms with E-state index in [-0.39, 0.29) is 22.2 Å². The molecule has 1 heterocycles. The minimum Gasteiger partial charge on any atom is -0.478 e. The van der Waals surface area contributed by atoms with Crippen LogP contribution in [0.25, 0.3) is 22.3 Å². The van der Waals surface area contributed by atoms with Gasteiger partial charge in [0.2, 0.25) is 0 Å². The minimum atomic E-state index is -0.285. The van der Waals surface area contributed by atoms with E-state index in [1.807, 2.05) is 36.4 Å². The van der Waals surface area contributed by atoms with Crippen molar-refractivity contribution in [2.45, 2.75) is 0 Å². The number of hydrogen-bond donors (Lipinski definition) is 0. The van der Waals surface area contributed by atoms with E-state index < -0.39 is 0 Å². The Morgan fingerprint density at radius 3 is 2.45 bits per heavy atom. The van der Waals surface area contributed by atoms with Crippen LogP contribution >= 0.6 is 23.2 Å². The molecule has 1 aromatic heterocycles. The van der Waals surface area contributed by atoms with Gasteiger partial charge in [-0.1, -0.05) is 71.6 Å². The molecule has 0 N–H and O–H groups in total. The summed E-state index contributed by atoms with van der Waals surface area (Å²) < 4.78 is 6.64. The average Bonchev–Trinajstić information content (AvgIpc) is 2.78. The lowest BCUT2D eigenvalue weighted by molar-refractivity contribution is 0.371. The van der Waals surface area contributed by atoms with Crippen molar-refractivity contribution in [2.24, 2.45) is 5.10 Å². The van der Waals surface area contributed by atoms with Crippen LogP contribution < -0.4 is 10.3 Å². The molecule has 0 saturated carbocycles. The molecule has 0 radical (unpaired) electrons. The summed E-state index contributed by atoms with van der Waals surface area (Å²) in [5.41, 5.74) is 1.66. The number of hydrogen-bond acceptors (Lipinski definition) is 4. The maximum atomic E-state index is 13.2. The molecule has 0 atom stereocenters. The Labute approximate surface area is 188 Å². The van der Waals surface area contributed by atoms with E-state index in [0.717, 1.165) is 5.56 Å². The molecule has 0 aliphatic rings. The maximum absolute atomic E-state index is 13.2. The zero-order valence-electron chi connectivity index (χ0n) is 16.1. The summed E-state index contributed by atoms with van der Waals surface area (Å²) in [6.45, 7) is 0.0471. The molecular formula is C24H15Cl2N3O2. The van der Waals surface area contributed by atoms with Gasteiger partial charge >= 0.3 is 0 Å². The van der Waals surface area contributed by atoms with Gasteiger partial charge in [0.25, 0.3) is 5.56 Å². The summed E-state index contributed by atoms with van der Waals surface area (Å²) >= 11 is 12.5. The van der Waals surface area contributed by atoms with Crippen molar-refractivity contribution >= 4 is 40.3 Å². The number of fused-ring (bicyclic) bond motifs is 1. The highest BCUT2D eigenvalue weighted by atomic mass is 35.5. The lowest BCUT2D eigenvalue weighted by Crippen LogP contribution is -2.20. The van der Waals surface area contributed by atoms with E-state index >= 15 is 0 Å². The van der Waals surface area contributed by atoms with Crippen LogP contribution in [0.15, 0.2) is 76.6 Å². The van der Waals surface area contributed by atoms with Crippen LogP contribution in [0.2, 0.25) is 10.0 Å². The van der Waals surface area contributed by atoms with Crippen molar-refractivity contribution < 1.29 is 4.74 Å². The Morgan fingerprint density at radius 2 is 1.74 bits per heavy atom. The Bertz CT molecular complexity index is 1370. The second kappa shape index (κ2) is 9.05. The molecule has 3 aromatic carbocycles. The second-order valence-corrected chi connectivity index (χ2v) is 7.30. The molecule has 5 nitrogen and oxygen atoms in total. The van der Waals surface area contributed by atoms with Crippen LogP contribution in [0.5, 0.6) is 5.75 Å². The summed E-state index contributed by atoms with van der Waals surface area (Å²) in [4.78, 5) is 17.8. The van der Waals surface area contributed by atoms with Crippen LogP contribution in [0.4, 0.5) is 0 Å². The van der Waals surface area contributed by atoms with Crippen molar-refractivity contribution in [3.8, 4) is 29.5 Å². The fourth-order valence-corrected chi connectivity index (χ4v) is 3.65. The maximum Gasteiger partial charge on any atom is 0.282 e. The van der Waals surface area contributed by atoms with E-state index in [4.69, 9.17) is 34.4 Å². The van der Waals surface area contributed by atoms with Gasteiger partial charge in [-0.2, -0.15) is 9.78 Å². The highest BCUT2D eigenvalue weighted by Gasteiger charge is 2.13. The number of ether oxygens (including phenoxy) is 1. The molecule has 152 valence electrons. The quantitative estimate of drug-likeness (QED) is 0.309. The highest BCUT2D eigenvalue weighted by Crippen LogP contribution is 2.33. The smallest absolute Gasteiger partial charge is 0.282 e. The summed E-state index contributed by atoms with van der Waals surface area (Å²) in [6.07, 6.45) is 6.71. The molecule has 0 saturated heterocycles. The minimum absolute atomic E-state index is 0.0471. The molecule has 0 unspecified atom stereocenters. The Kier molecular flexibility index (Phi) is 6.03. The first-order valence-electron chi connectivity index (χ1n) is 9.25. The normalized spacial score (nSPS) is 11.0. The van der Waals surface area contributed by atoms with Gasteiger partial charge in [-0.05, 0) is 29.8 Å². The Hall–Kier alpha value is -3.59. The van der Waals surface area contributed by atoms with Gasteiger partial charge in [0.1, 0.15) is 6.61 Å². The average molecular weight is 448 g/mol. The van der Waals surface area contributed by atoms with Crippen molar-refractivity contribution in [2.75, 3.05) is 6.61 Å². The molecule has 4 aromatic rings.